The van der Waals surface area contributed by atoms with Crippen molar-refractivity contribution in [2.45, 2.75) is 19.8 Å². The van der Waals surface area contributed by atoms with E-state index in [1.807, 2.05) is 7.05 Å². The summed E-state index contributed by atoms with van der Waals surface area (Å²) in [5.74, 6) is -0.155. The van der Waals surface area contributed by atoms with Gasteiger partial charge in [0.1, 0.15) is 0 Å². The fourth-order valence-electron chi connectivity index (χ4n) is 2.18. The molecule has 0 saturated carbocycles. The number of amides is 1. The molecule has 1 amide bonds. The molecular weight excluding hydrogens is 335 g/mol. The van der Waals surface area contributed by atoms with Crippen LogP contribution in [0.4, 0.5) is 0 Å². The van der Waals surface area contributed by atoms with Crippen LogP contribution in [-0.4, -0.2) is 59.8 Å². The van der Waals surface area contributed by atoms with E-state index in [-0.39, 0.29) is 17.4 Å². The van der Waals surface area contributed by atoms with Crippen molar-refractivity contribution in [3.05, 3.63) is 29.5 Å². The molecule has 0 unspecified atom stereocenters. The molecule has 0 spiro atoms. The van der Waals surface area contributed by atoms with Crippen LogP contribution >= 0.6 is 0 Å². The summed E-state index contributed by atoms with van der Waals surface area (Å²) in [5, 5.41) is 19.0. The summed E-state index contributed by atoms with van der Waals surface area (Å²) >= 11 is 2.92. The molecule has 1 aromatic rings. The molecule has 6 heteroatoms. The van der Waals surface area contributed by atoms with Crippen LogP contribution in [0.15, 0.2) is 23.9 Å². The Labute approximate surface area is 131 Å². The van der Waals surface area contributed by atoms with E-state index >= 15 is 0 Å². The molecule has 112 valence electrons. The standard InChI is InChI=1S/C15H18N2O3Se/c1-3-4-5-17-14(20)13(16(2)15(17)21)8-10-6-11(18)9-12(19)7-10/h6-9,18-19H,3-5H2,1-2H3. The summed E-state index contributed by atoms with van der Waals surface area (Å²) in [6.45, 7) is 2.75. The molecule has 0 aromatic heterocycles. The van der Waals surface area contributed by atoms with E-state index in [4.69, 9.17) is 0 Å². The zero-order valence-electron chi connectivity index (χ0n) is 12.0. The molecule has 1 aromatic carbocycles. The van der Waals surface area contributed by atoms with Crippen LogP contribution in [0.1, 0.15) is 25.3 Å². The number of likely N-dealkylation sites (N-methyl/N-ethyl adjacent to an activating group) is 1. The zero-order valence-corrected chi connectivity index (χ0v) is 13.7. The fraction of sp³-hybridized carbons (Fsp3) is 0.333. The van der Waals surface area contributed by atoms with Gasteiger partial charge in [-0.05, 0) is 0 Å². The van der Waals surface area contributed by atoms with Crippen molar-refractivity contribution in [2.75, 3.05) is 13.6 Å². The first-order valence-corrected chi connectivity index (χ1v) is 7.64. The summed E-state index contributed by atoms with van der Waals surface area (Å²) in [6.07, 6.45) is 3.61. The van der Waals surface area contributed by atoms with Gasteiger partial charge < -0.3 is 0 Å². The number of phenolic OH excluding ortho intramolecular Hbond substituents is 2. The van der Waals surface area contributed by atoms with Crippen LogP contribution in [0.25, 0.3) is 6.08 Å². The fourth-order valence-corrected chi connectivity index (χ4v) is 2.76. The maximum atomic E-state index is 12.5. The van der Waals surface area contributed by atoms with Gasteiger partial charge in [0.25, 0.3) is 0 Å². The van der Waals surface area contributed by atoms with Crippen molar-refractivity contribution in [2.24, 2.45) is 0 Å². The average Bonchev–Trinajstić information content (AvgIpc) is 2.60. The Morgan fingerprint density at radius 3 is 2.43 bits per heavy atom. The van der Waals surface area contributed by atoms with E-state index < -0.39 is 0 Å². The van der Waals surface area contributed by atoms with E-state index in [1.165, 1.54) is 18.2 Å². The van der Waals surface area contributed by atoms with Gasteiger partial charge in [-0.1, -0.05) is 0 Å². The van der Waals surface area contributed by atoms with Crippen LogP contribution in [0.3, 0.4) is 0 Å². The molecule has 0 aliphatic carbocycles. The summed E-state index contributed by atoms with van der Waals surface area (Å²) in [4.78, 5) is 15.9. The number of rotatable bonds is 4. The van der Waals surface area contributed by atoms with Gasteiger partial charge in [-0.3, -0.25) is 0 Å². The predicted molar refractivity (Wildman–Crippen MR) is 82.9 cm³/mol. The second-order valence-corrected chi connectivity index (χ2v) is 5.73. The van der Waals surface area contributed by atoms with E-state index in [9.17, 15) is 15.0 Å². The Hall–Kier alpha value is -1.78. The Balaban J connectivity index is 2.32. The Kier molecular flexibility index (Phi) is 4.70. The summed E-state index contributed by atoms with van der Waals surface area (Å²) < 4.78 is 0.768. The SMILES string of the molecule is CCCCN1C(=O)C(=Cc2cc(O)cc(O)c2)N(C)C1=[Se]. The van der Waals surface area contributed by atoms with Gasteiger partial charge in [0.2, 0.25) is 0 Å². The van der Waals surface area contributed by atoms with Gasteiger partial charge in [-0.25, -0.2) is 0 Å². The first-order chi connectivity index (χ1) is 9.93. The van der Waals surface area contributed by atoms with Crippen LogP contribution in [0.5, 0.6) is 11.5 Å². The van der Waals surface area contributed by atoms with Crippen LogP contribution in [-0.2, 0) is 4.79 Å². The third kappa shape index (κ3) is 3.28. The third-order valence-electron chi connectivity index (χ3n) is 3.31. The monoisotopic (exact) mass is 354 g/mol. The zero-order chi connectivity index (χ0) is 15.6. The molecule has 0 bridgehead atoms. The number of carbonyl (C=O) groups excluding carboxylic acids is 1. The van der Waals surface area contributed by atoms with Crippen molar-refractivity contribution >= 4 is 32.2 Å². The number of nitrogens with zero attached hydrogens (tertiary/aromatic N) is 2. The first-order valence-electron chi connectivity index (χ1n) is 6.78. The topological polar surface area (TPSA) is 64.0 Å². The summed E-state index contributed by atoms with van der Waals surface area (Å²) in [6, 6.07) is 4.25. The molecule has 1 saturated heterocycles. The van der Waals surface area contributed by atoms with Gasteiger partial charge in [-0.15, -0.1) is 0 Å². The Bertz CT molecular complexity index is 593. The van der Waals surface area contributed by atoms with E-state index in [1.54, 1.807) is 15.9 Å². The van der Waals surface area contributed by atoms with Crippen molar-refractivity contribution in [3.63, 3.8) is 0 Å². The van der Waals surface area contributed by atoms with Crippen molar-refractivity contribution in [1.82, 2.24) is 9.80 Å². The Morgan fingerprint density at radius 1 is 1.24 bits per heavy atom. The first kappa shape index (κ1) is 15.6. The van der Waals surface area contributed by atoms with Crippen molar-refractivity contribution in [3.8, 4) is 11.5 Å². The minimum atomic E-state index is -0.0810. The Morgan fingerprint density at radius 2 is 1.86 bits per heavy atom. The molecule has 1 aliphatic heterocycles. The maximum absolute atomic E-state index is 12.5. The normalized spacial score (nSPS) is 17.1. The van der Waals surface area contributed by atoms with Gasteiger partial charge in [0, 0.05) is 0 Å². The quantitative estimate of drug-likeness (QED) is 0.632. The molecule has 21 heavy (non-hydrogen) atoms. The van der Waals surface area contributed by atoms with Crippen molar-refractivity contribution < 1.29 is 15.0 Å². The van der Waals surface area contributed by atoms with Gasteiger partial charge in [-0.2, -0.15) is 0 Å². The molecule has 1 aliphatic rings. The van der Waals surface area contributed by atoms with Crippen LogP contribution < -0.4 is 0 Å². The number of hydrogen-bond acceptors (Lipinski definition) is 4. The predicted octanol–water partition coefficient (Wildman–Crippen LogP) is 1.27. The second kappa shape index (κ2) is 6.33. The molecule has 2 N–H and O–H groups in total. The molecule has 0 radical (unpaired) electrons. The number of benzene rings is 1. The molecule has 0 atom stereocenters. The van der Waals surface area contributed by atoms with E-state index in [0.29, 0.717) is 17.8 Å². The van der Waals surface area contributed by atoms with Crippen LogP contribution in [0, 0.1) is 0 Å². The molecule has 2 rings (SSSR count). The number of unbranched alkanes of at least 4 members (excludes halogenated alkanes) is 1. The summed E-state index contributed by atoms with van der Waals surface area (Å²) in [7, 11) is 1.81. The average molecular weight is 353 g/mol. The van der Waals surface area contributed by atoms with Crippen LogP contribution in [0.2, 0.25) is 0 Å². The number of phenols is 2. The van der Waals surface area contributed by atoms with E-state index in [2.05, 4.69) is 22.5 Å². The number of carbonyl (C=O) groups is 1. The van der Waals surface area contributed by atoms with Gasteiger partial charge >= 0.3 is 131 Å². The number of hydrogen-bond donors (Lipinski definition) is 2. The number of aromatic hydroxyl groups is 2. The molecular formula is C15H18N2O3Se. The van der Waals surface area contributed by atoms with Gasteiger partial charge in [0.15, 0.2) is 0 Å². The van der Waals surface area contributed by atoms with Crippen molar-refractivity contribution in [1.29, 1.82) is 0 Å². The molecule has 1 heterocycles. The second-order valence-electron chi connectivity index (χ2n) is 4.96. The van der Waals surface area contributed by atoms with E-state index in [0.717, 1.165) is 17.5 Å². The molecule has 1 fully saturated rings. The van der Waals surface area contributed by atoms with Gasteiger partial charge in [0.05, 0.1) is 0 Å². The summed E-state index contributed by atoms with van der Waals surface area (Å²) in [5.41, 5.74) is 1.08. The molecule has 5 nitrogen and oxygen atoms in total. The third-order valence-corrected chi connectivity index (χ3v) is 4.34. The minimum absolute atomic E-state index is 0.0370.